The van der Waals surface area contributed by atoms with Gasteiger partial charge in [0.2, 0.25) is 0 Å². The van der Waals surface area contributed by atoms with Crippen molar-refractivity contribution in [3.05, 3.63) is 12.3 Å². The first kappa shape index (κ1) is 8.56. The molecule has 0 unspecified atom stereocenters. The van der Waals surface area contributed by atoms with Crippen LogP contribution in [0.25, 0.3) is 0 Å². The molecule has 0 bridgehead atoms. The summed E-state index contributed by atoms with van der Waals surface area (Å²) in [6, 6.07) is 0. The number of rotatable bonds is 3. The standard InChI is InChI=1S/C8H16N2O/c1-11-10-7-4-8-2-5-9-6-3-8/h4,7-10H,2-3,5-6H2,1H3. The zero-order valence-electron chi connectivity index (χ0n) is 6.97. The molecule has 64 valence electrons. The fourth-order valence-corrected chi connectivity index (χ4v) is 1.28. The molecule has 1 aliphatic rings. The van der Waals surface area contributed by atoms with Gasteiger partial charge < -0.3 is 5.32 Å². The van der Waals surface area contributed by atoms with E-state index in [1.807, 2.05) is 6.20 Å². The average molecular weight is 156 g/mol. The van der Waals surface area contributed by atoms with E-state index < -0.39 is 0 Å². The van der Waals surface area contributed by atoms with Gasteiger partial charge in [-0.1, -0.05) is 6.08 Å². The van der Waals surface area contributed by atoms with Crippen LogP contribution in [0.5, 0.6) is 0 Å². The molecule has 3 nitrogen and oxygen atoms in total. The predicted octanol–water partition coefficient (Wildman–Crippen LogP) is 0.651. The smallest absolute Gasteiger partial charge is 0.0636 e. The molecule has 1 rings (SSSR count). The van der Waals surface area contributed by atoms with Crippen molar-refractivity contribution in [1.29, 1.82) is 0 Å². The van der Waals surface area contributed by atoms with Crippen molar-refractivity contribution in [2.24, 2.45) is 5.92 Å². The highest BCUT2D eigenvalue weighted by Gasteiger charge is 2.08. The van der Waals surface area contributed by atoms with Crippen LogP contribution < -0.4 is 10.8 Å². The lowest BCUT2D eigenvalue weighted by atomic mass is 9.98. The molecule has 0 saturated carbocycles. The Kier molecular flexibility index (Phi) is 4.01. The van der Waals surface area contributed by atoms with E-state index in [1.165, 1.54) is 12.8 Å². The van der Waals surface area contributed by atoms with Crippen LogP contribution in [0.3, 0.4) is 0 Å². The van der Waals surface area contributed by atoms with E-state index >= 15 is 0 Å². The SMILES string of the molecule is CONC=CC1CCNCC1. The second-order valence-corrected chi connectivity index (χ2v) is 2.77. The van der Waals surface area contributed by atoms with Gasteiger partial charge in [-0.25, -0.2) is 0 Å². The third-order valence-electron chi connectivity index (χ3n) is 1.94. The van der Waals surface area contributed by atoms with Crippen LogP contribution in [0.4, 0.5) is 0 Å². The van der Waals surface area contributed by atoms with Gasteiger partial charge in [-0.05, 0) is 31.8 Å². The first-order valence-electron chi connectivity index (χ1n) is 4.09. The molecule has 0 radical (unpaired) electrons. The highest BCUT2D eigenvalue weighted by molar-refractivity contribution is 4.87. The number of nitrogens with one attached hydrogen (secondary N) is 2. The Bertz CT molecular complexity index is 119. The summed E-state index contributed by atoms with van der Waals surface area (Å²) in [5, 5.41) is 3.32. The van der Waals surface area contributed by atoms with Crippen LogP contribution in [-0.4, -0.2) is 20.2 Å². The highest BCUT2D eigenvalue weighted by atomic mass is 16.6. The summed E-state index contributed by atoms with van der Waals surface area (Å²) in [6.07, 6.45) is 6.52. The van der Waals surface area contributed by atoms with Gasteiger partial charge >= 0.3 is 0 Å². The fourth-order valence-electron chi connectivity index (χ4n) is 1.28. The van der Waals surface area contributed by atoms with E-state index in [1.54, 1.807) is 7.11 Å². The molecular formula is C8H16N2O. The maximum absolute atomic E-state index is 4.68. The van der Waals surface area contributed by atoms with Crippen LogP contribution in [0.1, 0.15) is 12.8 Å². The Labute approximate surface area is 67.8 Å². The minimum absolute atomic E-state index is 0.721. The molecule has 2 N–H and O–H groups in total. The fraction of sp³-hybridized carbons (Fsp3) is 0.750. The quantitative estimate of drug-likeness (QED) is 0.589. The van der Waals surface area contributed by atoms with E-state index in [4.69, 9.17) is 0 Å². The third-order valence-corrected chi connectivity index (χ3v) is 1.94. The Morgan fingerprint density at radius 1 is 1.45 bits per heavy atom. The second-order valence-electron chi connectivity index (χ2n) is 2.77. The Morgan fingerprint density at radius 3 is 2.82 bits per heavy atom. The third kappa shape index (κ3) is 3.39. The molecule has 0 aliphatic carbocycles. The van der Waals surface area contributed by atoms with Crippen molar-refractivity contribution in [2.75, 3.05) is 20.2 Å². The Hall–Kier alpha value is -0.540. The van der Waals surface area contributed by atoms with Crippen molar-refractivity contribution in [3.8, 4) is 0 Å². The van der Waals surface area contributed by atoms with Crippen LogP contribution in [0, 0.1) is 5.92 Å². The zero-order chi connectivity index (χ0) is 7.94. The first-order chi connectivity index (χ1) is 5.43. The maximum atomic E-state index is 4.68. The van der Waals surface area contributed by atoms with Crippen LogP contribution in [0.2, 0.25) is 0 Å². The minimum Gasteiger partial charge on any atom is -0.317 e. The molecule has 0 aromatic rings. The maximum Gasteiger partial charge on any atom is 0.0636 e. The van der Waals surface area contributed by atoms with Crippen molar-refractivity contribution in [2.45, 2.75) is 12.8 Å². The van der Waals surface area contributed by atoms with Crippen molar-refractivity contribution < 1.29 is 4.84 Å². The Balaban J connectivity index is 2.13. The molecule has 1 saturated heterocycles. The molecule has 11 heavy (non-hydrogen) atoms. The van der Waals surface area contributed by atoms with Crippen LogP contribution in [-0.2, 0) is 4.84 Å². The lowest BCUT2D eigenvalue weighted by Gasteiger charge is -2.18. The van der Waals surface area contributed by atoms with Gasteiger partial charge in [-0.2, -0.15) is 0 Å². The summed E-state index contributed by atoms with van der Waals surface area (Å²) >= 11 is 0. The van der Waals surface area contributed by atoms with E-state index in [2.05, 4.69) is 21.7 Å². The molecule has 0 aromatic heterocycles. The van der Waals surface area contributed by atoms with E-state index in [9.17, 15) is 0 Å². The lowest BCUT2D eigenvalue weighted by molar-refractivity contribution is 0.127. The zero-order valence-corrected chi connectivity index (χ0v) is 6.97. The summed E-state index contributed by atoms with van der Waals surface area (Å²) in [7, 11) is 1.62. The molecule has 3 heteroatoms. The number of hydrogen-bond donors (Lipinski definition) is 2. The second kappa shape index (κ2) is 5.16. The minimum atomic E-state index is 0.721. The van der Waals surface area contributed by atoms with Gasteiger partial charge in [-0.15, -0.1) is 0 Å². The monoisotopic (exact) mass is 156 g/mol. The highest BCUT2D eigenvalue weighted by Crippen LogP contribution is 2.11. The number of piperidine rings is 1. The van der Waals surface area contributed by atoms with Crippen molar-refractivity contribution in [3.63, 3.8) is 0 Å². The van der Waals surface area contributed by atoms with Gasteiger partial charge in [-0.3, -0.25) is 10.3 Å². The molecule has 1 heterocycles. The van der Waals surface area contributed by atoms with Gasteiger partial charge in [0, 0.05) is 6.20 Å². The van der Waals surface area contributed by atoms with Crippen LogP contribution >= 0.6 is 0 Å². The normalized spacial score (nSPS) is 20.8. The van der Waals surface area contributed by atoms with E-state index in [0.29, 0.717) is 0 Å². The number of hydroxylamine groups is 1. The molecule has 0 atom stereocenters. The molecule has 1 aliphatic heterocycles. The molecule has 0 amide bonds. The summed E-state index contributed by atoms with van der Waals surface area (Å²) in [6.45, 7) is 2.28. The summed E-state index contributed by atoms with van der Waals surface area (Å²) in [5.41, 5.74) is 2.69. The van der Waals surface area contributed by atoms with Gasteiger partial charge in [0.15, 0.2) is 0 Å². The molecule has 1 fully saturated rings. The predicted molar refractivity (Wildman–Crippen MR) is 44.9 cm³/mol. The van der Waals surface area contributed by atoms with Crippen molar-refractivity contribution >= 4 is 0 Å². The molecular weight excluding hydrogens is 140 g/mol. The van der Waals surface area contributed by atoms with E-state index in [-0.39, 0.29) is 0 Å². The topological polar surface area (TPSA) is 33.3 Å². The first-order valence-corrected chi connectivity index (χ1v) is 4.09. The number of allylic oxidation sites excluding steroid dienone is 1. The van der Waals surface area contributed by atoms with Crippen LogP contribution in [0.15, 0.2) is 12.3 Å². The summed E-state index contributed by atoms with van der Waals surface area (Å²) in [4.78, 5) is 4.68. The van der Waals surface area contributed by atoms with Gasteiger partial charge in [0.05, 0.1) is 7.11 Å². The summed E-state index contributed by atoms with van der Waals surface area (Å²) in [5.74, 6) is 0.721. The molecule has 0 spiro atoms. The lowest BCUT2D eigenvalue weighted by Crippen LogP contribution is -2.26. The van der Waals surface area contributed by atoms with Crippen molar-refractivity contribution in [1.82, 2.24) is 10.8 Å². The van der Waals surface area contributed by atoms with E-state index in [0.717, 1.165) is 19.0 Å². The van der Waals surface area contributed by atoms with Gasteiger partial charge in [0.25, 0.3) is 0 Å². The molecule has 0 aromatic carbocycles. The average Bonchev–Trinajstić information content (AvgIpc) is 2.07. The number of hydrogen-bond acceptors (Lipinski definition) is 3. The summed E-state index contributed by atoms with van der Waals surface area (Å²) < 4.78 is 0. The van der Waals surface area contributed by atoms with Gasteiger partial charge in [0.1, 0.15) is 0 Å². The largest absolute Gasteiger partial charge is 0.317 e. The Morgan fingerprint density at radius 2 is 2.18 bits per heavy atom.